The number of hydrogen-bond acceptors (Lipinski definition) is 5. The Balaban J connectivity index is 3.67. The number of aromatic nitrogens is 2. The minimum absolute atomic E-state index is 0.251. The molecule has 0 bridgehead atoms. The third-order valence-electron chi connectivity index (χ3n) is 1.46. The molecule has 1 aromatic heterocycles. The number of rotatable bonds is 4. The molecule has 0 aliphatic heterocycles. The van der Waals surface area contributed by atoms with Gasteiger partial charge in [0.1, 0.15) is 5.15 Å². The molecule has 2 N–H and O–H groups in total. The molecule has 1 aromatic rings. The lowest BCUT2D eigenvalue weighted by Gasteiger charge is -2.18. The molecule has 0 spiro atoms. The normalized spacial score (nSPS) is 23.7. The van der Waals surface area contributed by atoms with Crippen molar-refractivity contribution in [1.82, 2.24) is 9.97 Å². The molecule has 0 unspecified atom stereocenters. The highest BCUT2D eigenvalue weighted by Crippen LogP contribution is 2.09. The summed E-state index contributed by atoms with van der Waals surface area (Å²) in [5.74, 6) is -0.989. The van der Waals surface area contributed by atoms with Crippen molar-refractivity contribution in [1.29, 1.82) is 0 Å². The SMILES string of the molecule is [2H]C([2H])([2H])C([2H])([2H])N(c1ncc(B(O)O)c(Cl)n1)C([2H])([2H])C([2H])([2H])[2H]. The van der Waals surface area contributed by atoms with Crippen molar-refractivity contribution in [3.63, 3.8) is 0 Å². The van der Waals surface area contributed by atoms with Crippen LogP contribution in [0.15, 0.2) is 6.20 Å². The van der Waals surface area contributed by atoms with Gasteiger partial charge in [-0.15, -0.1) is 0 Å². The fourth-order valence-electron chi connectivity index (χ4n) is 0.771. The number of anilines is 1. The quantitative estimate of drug-likeness (QED) is 0.556. The van der Waals surface area contributed by atoms with Crippen molar-refractivity contribution in [2.45, 2.75) is 13.7 Å². The third-order valence-corrected chi connectivity index (χ3v) is 1.76. The molecule has 0 saturated heterocycles. The zero-order valence-corrected chi connectivity index (χ0v) is 8.02. The minimum Gasteiger partial charge on any atom is -0.423 e. The first-order valence-corrected chi connectivity index (χ1v) is 4.01. The van der Waals surface area contributed by atoms with E-state index in [2.05, 4.69) is 9.97 Å². The second kappa shape index (κ2) is 5.30. The molecule has 7 heteroatoms. The maximum atomic E-state index is 9.06. The summed E-state index contributed by atoms with van der Waals surface area (Å²) in [5.41, 5.74) is -0.422. The van der Waals surface area contributed by atoms with Crippen molar-refractivity contribution < 1.29 is 23.8 Å². The van der Waals surface area contributed by atoms with Crippen molar-refractivity contribution in [2.75, 3.05) is 17.9 Å². The molecule has 0 atom stereocenters. The zero-order chi connectivity index (χ0) is 20.0. The maximum Gasteiger partial charge on any atom is 0.493 e. The number of halogens is 1. The van der Waals surface area contributed by atoms with Crippen LogP contribution in [0.3, 0.4) is 0 Å². The topological polar surface area (TPSA) is 69.5 Å². The molecule has 5 nitrogen and oxygen atoms in total. The molecule has 1 rings (SSSR count). The van der Waals surface area contributed by atoms with Crippen LogP contribution < -0.4 is 10.4 Å². The molecule has 82 valence electrons. The van der Waals surface area contributed by atoms with Crippen molar-refractivity contribution in [3.8, 4) is 0 Å². The van der Waals surface area contributed by atoms with E-state index in [1.54, 1.807) is 0 Å². The second-order valence-corrected chi connectivity index (χ2v) is 2.71. The van der Waals surface area contributed by atoms with Crippen LogP contribution in [0.1, 0.15) is 27.4 Å². The summed E-state index contributed by atoms with van der Waals surface area (Å²) in [5, 5.41) is 17.5. The van der Waals surface area contributed by atoms with Crippen LogP contribution in [0.5, 0.6) is 0 Å². The summed E-state index contributed by atoms with van der Waals surface area (Å²) in [7, 11) is -2.10. The van der Waals surface area contributed by atoms with Crippen LogP contribution in [0.25, 0.3) is 0 Å². The van der Waals surface area contributed by atoms with Gasteiger partial charge in [0.15, 0.2) is 0 Å². The molecule has 15 heavy (non-hydrogen) atoms. The Morgan fingerprint density at radius 2 is 2.27 bits per heavy atom. The molecule has 0 aliphatic rings. The van der Waals surface area contributed by atoms with E-state index in [0.29, 0.717) is 6.20 Å². The Labute approximate surface area is 108 Å². The molecular formula is C8H13BClN3O2. The number of nitrogens with zero attached hydrogens (tertiary/aromatic N) is 3. The van der Waals surface area contributed by atoms with E-state index in [4.69, 9.17) is 35.4 Å². The molecule has 0 radical (unpaired) electrons. The van der Waals surface area contributed by atoms with Gasteiger partial charge >= 0.3 is 7.12 Å². The first kappa shape index (κ1) is 4.20. The van der Waals surface area contributed by atoms with E-state index in [9.17, 15) is 0 Å². The van der Waals surface area contributed by atoms with Crippen LogP contribution in [-0.2, 0) is 0 Å². The summed E-state index contributed by atoms with van der Waals surface area (Å²) in [6.45, 7) is -14.0. The van der Waals surface area contributed by atoms with Gasteiger partial charge in [0.2, 0.25) is 5.95 Å². The van der Waals surface area contributed by atoms with Crippen molar-refractivity contribution >= 4 is 30.1 Å². The zero-order valence-electron chi connectivity index (χ0n) is 17.3. The van der Waals surface area contributed by atoms with E-state index in [0.717, 1.165) is 0 Å². The van der Waals surface area contributed by atoms with Gasteiger partial charge in [-0.3, -0.25) is 0 Å². The molecule has 0 aromatic carbocycles. The molecule has 0 amide bonds. The fraction of sp³-hybridized carbons (Fsp3) is 0.500. The van der Waals surface area contributed by atoms with Gasteiger partial charge in [-0.1, -0.05) is 11.6 Å². The fourth-order valence-corrected chi connectivity index (χ4v) is 0.993. The first-order chi connectivity index (χ1) is 10.9. The Bertz CT molecular complexity index is 612. The van der Waals surface area contributed by atoms with E-state index in [-0.39, 0.29) is 4.90 Å². The smallest absolute Gasteiger partial charge is 0.423 e. The minimum atomic E-state index is -3.53. The average Bonchev–Trinajstić information content (AvgIpc) is 2.34. The molecule has 0 fully saturated rings. The second-order valence-electron chi connectivity index (χ2n) is 2.35. The Morgan fingerprint density at radius 1 is 1.60 bits per heavy atom. The summed E-state index contributed by atoms with van der Waals surface area (Å²) in [6, 6.07) is 0. The van der Waals surface area contributed by atoms with Gasteiger partial charge in [-0.25, -0.2) is 9.97 Å². The highest BCUT2D eigenvalue weighted by Gasteiger charge is 2.18. The highest BCUT2D eigenvalue weighted by atomic mass is 35.5. The standard InChI is InChI=1S/C8H13BClN3O2/c1-3-13(4-2)8-11-5-6(9(14)15)7(10)12-8/h5,14-15H,3-4H2,1-2H3/i1D3,2D3,3D2,4D2. The predicted molar refractivity (Wildman–Crippen MR) is 60.4 cm³/mol. The average molecular weight is 240 g/mol. The van der Waals surface area contributed by atoms with Crippen molar-refractivity contribution in [2.24, 2.45) is 0 Å². The lowest BCUT2D eigenvalue weighted by molar-refractivity contribution is 0.425. The predicted octanol–water partition coefficient (Wildman–Crippen LogP) is -0.344. The van der Waals surface area contributed by atoms with Gasteiger partial charge in [-0.2, -0.15) is 0 Å². The first-order valence-electron chi connectivity index (χ1n) is 8.63. The van der Waals surface area contributed by atoms with Crippen LogP contribution in [-0.4, -0.2) is 40.1 Å². The monoisotopic (exact) mass is 239 g/mol. The molecule has 0 saturated carbocycles. The lowest BCUT2D eigenvalue weighted by Crippen LogP contribution is -2.33. The van der Waals surface area contributed by atoms with E-state index in [1.807, 2.05) is 0 Å². The van der Waals surface area contributed by atoms with E-state index < -0.39 is 50.4 Å². The molecular weight excluding hydrogens is 216 g/mol. The lowest BCUT2D eigenvalue weighted by atomic mass is 9.83. The van der Waals surface area contributed by atoms with E-state index >= 15 is 0 Å². The molecule has 1 heterocycles. The van der Waals surface area contributed by atoms with Gasteiger partial charge in [0.05, 0.1) is 0 Å². The summed E-state index contributed by atoms with van der Waals surface area (Å²) < 4.78 is 74.5. The van der Waals surface area contributed by atoms with Gasteiger partial charge in [0, 0.05) is 38.4 Å². The van der Waals surface area contributed by atoms with Gasteiger partial charge in [-0.05, 0) is 13.7 Å². The van der Waals surface area contributed by atoms with Crippen LogP contribution in [0.2, 0.25) is 5.15 Å². The maximum absolute atomic E-state index is 9.06. The largest absolute Gasteiger partial charge is 0.493 e. The van der Waals surface area contributed by atoms with E-state index in [1.165, 1.54) is 0 Å². The van der Waals surface area contributed by atoms with Crippen LogP contribution >= 0.6 is 11.6 Å². The van der Waals surface area contributed by atoms with Gasteiger partial charge < -0.3 is 14.9 Å². The Morgan fingerprint density at radius 3 is 2.73 bits per heavy atom. The van der Waals surface area contributed by atoms with Crippen LogP contribution in [0, 0.1) is 0 Å². The summed E-state index contributed by atoms with van der Waals surface area (Å²) >= 11 is 5.67. The Hall–Kier alpha value is -0.845. The van der Waals surface area contributed by atoms with Crippen molar-refractivity contribution in [3.05, 3.63) is 11.3 Å². The highest BCUT2D eigenvalue weighted by molar-refractivity contribution is 6.62. The molecule has 0 aliphatic carbocycles. The summed E-state index contributed by atoms with van der Waals surface area (Å²) in [6.07, 6.45) is 0.688. The van der Waals surface area contributed by atoms with Crippen LogP contribution in [0.4, 0.5) is 5.95 Å². The number of hydrogen-bond donors (Lipinski definition) is 2. The third kappa shape index (κ3) is 2.81. The Kier molecular flexibility index (Phi) is 1.48. The van der Waals surface area contributed by atoms with Gasteiger partial charge in [0.25, 0.3) is 0 Å². The summed E-state index contributed by atoms with van der Waals surface area (Å²) in [4.78, 5) is 6.64.